The minimum Gasteiger partial charge on any atom is -0.452 e. The molecular formula is C14H23NO7. The number of carbonyl (C=O) groups is 4. The molecule has 22 heavy (non-hydrogen) atoms. The lowest BCUT2D eigenvalue weighted by Gasteiger charge is -2.22. The Labute approximate surface area is 129 Å². The highest BCUT2D eigenvalue weighted by atomic mass is 16.6. The zero-order valence-corrected chi connectivity index (χ0v) is 13.7. The number of carbonyl (C=O) groups excluding carboxylic acids is 4. The molecule has 0 aliphatic rings. The van der Waals surface area contributed by atoms with Gasteiger partial charge >= 0.3 is 18.0 Å². The third-order valence-electron chi connectivity index (χ3n) is 2.21. The molecule has 0 aromatic heterocycles. The summed E-state index contributed by atoms with van der Waals surface area (Å²) in [5.41, 5.74) is -0.699. The molecule has 0 heterocycles. The van der Waals surface area contributed by atoms with E-state index in [1.165, 1.54) is 20.8 Å². The molecule has 0 bridgehead atoms. The number of esters is 2. The van der Waals surface area contributed by atoms with E-state index in [1.54, 1.807) is 20.8 Å². The van der Waals surface area contributed by atoms with E-state index in [2.05, 4.69) is 5.32 Å². The number of aldehydes is 1. The average Bonchev–Trinajstić information content (AvgIpc) is 2.35. The van der Waals surface area contributed by atoms with Crippen molar-refractivity contribution in [3.63, 3.8) is 0 Å². The van der Waals surface area contributed by atoms with Gasteiger partial charge in [-0.3, -0.25) is 4.79 Å². The molecule has 1 amide bonds. The van der Waals surface area contributed by atoms with Gasteiger partial charge in [0, 0.05) is 0 Å². The summed E-state index contributed by atoms with van der Waals surface area (Å²) in [4.78, 5) is 45.1. The smallest absolute Gasteiger partial charge is 0.408 e. The fourth-order valence-corrected chi connectivity index (χ4v) is 1.17. The third kappa shape index (κ3) is 8.23. The van der Waals surface area contributed by atoms with Crippen molar-refractivity contribution in [2.24, 2.45) is 0 Å². The average molecular weight is 317 g/mol. The van der Waals surface area contributed by atoms with Gasteiger partial charge in [-0.15, -0.1) is 0 Å². The van der Waals surface area contributed by atoms with E-state index in [1.807, 2.05) is 0 Å². The first-order valence-electron chi connectivity index (χ1n) is 6.82. The monoisotopic (exact) mass is 317 g/mol. The Morgan fingerprint density at radius 3 is 2.00 bits per heavy atom. The van der Waals surface area contributed by atoms with Crippen LogP contribution in [0.25, 0.3) is 0 Å². The molecule has 0 aliphatic carbocycles. The maximum absolute atomic E-state index is 11.7. The van der Waals surface area contributed by atoms with Crippen LogP contribution in [0.3, 0.4) is 0 Å². The third-order valence-corrected chi connectivity index (χ3v) is 2.21. The second kappa shape index (κ2) is 8.35. The second-order valence-corrected chi connectivity index (χ2v) is 5.73. The Bertz CT molecular complexity index is 427. The van der Waals surface area contributed by atoms with Gasteiger partial charge in [0.05, 0.1) is 0 Å². The van der Waals surface area contributed by atoms with E-state index in [-0.39, 0.29) is 0 Å². The molecule has 3 atom stereocenters. The Hall–Kier alpha value is -2.12. The van der Waals surface area contributed by atoms with Crippen LogP contribution < -0.4 is 5.32 Å². The molecule has 8 heteroatoms. The molecule has 1 N–H and O–H groups in total. The van der Waals surface area contributed by atoms with Crippen LogP contribution in [-0.2, 0) is 28.6 Å². The lowest BCUT2D eigenvalue weighted by molar-refractivity contribution is -0.170. The molecule has 0 saturated heterocycles. The highest BCUT2D eigenvalue weighted by molar-refractivity contribution is 5.84. The van der Waals surface area contributed by atoms with Crippen LogP contribution >= 0.6 is 0 Å². The van der Waals surface area contributed by atoms with Crippen molar-refractivity contribution < 1.29 is 33.4 Å². The first kappa shape index (κ1) is 19.9. The fraction of sp³-hybridized carbons (Fsp3) is 0.714. The first-order valence-corrected chi connectivity index (χ1v) is 6.82. The van der Waals surface area contributed by atoms with Gasteiger partial charge in [-0.25, -0.2) is 14.4 Å². The summed E-state index contributed by atoms with van der Waals surface area (Å²) in [6, 6.07) is -1.01. The topological polar surface area (TPSA) is 108 Å². The largest absolute Gasteiger partial charge is 0.452 e. The van der Waals surface area contributed by atoms with Crippen molar-refractivity contribution in [3.8, 4) is 0 Å². The predicted molar refractivity (Wildman–Crippen MR) is 76.0 cm³/mol. The summed E-state index contributed by atoms with van der Waals surface area (Å²) in [6.07, 6.45) is -2.45. The van der Waals surface area contributed by atoms with Gasteiger partial charge in [-0.1, -0.05) is 0 Å². The van der Waals surface area contributed by atoms with Gasteiger partial charge in [-0.2, -0.15) is 0 Å². The summed E-state index contributed by atoms with van der Waals surface area (Å²) < 4.78 is 14.5. The summed E-state index contributed by atoms with van der Waals surface area (Å²) in [5, 5.41) is 2.29. The standard InChI is InChI=1S/C14H23NO7/c1-8(7-16)20-12(18)10(3)21-11(17)9(2)15-13(19)22-14(4,5)6/h7-10H,1-6H3,(H,15,19)/t8-,9-,10-/m0/s1. The van der Waals surface area contributed by atoms with Gasteiger partial charge in [0.25, 0.3) is 0 Å². The van der Waals surface area contributed by atoms with Gasteiger partial charge < -0.3 is 19.5 Å². The van der Waals surface area contributed by atoms with E-state index in [0.717, 1.165) is 0 Å². The molecule has 0 radical (unpaired) electrons. The van der Waals surface area contributed by atoms with Crippen molar-refractivity contribution >= 4 is 24.3 Å². The number of alkyl carbamates (subject to hydrolysis) is 1. The van der Waals surface area contributed by atoms with Crippen LogP contribution in [0.4, 0.5) is 4.79 Å². The van der Waals surface area contributed by atoms with Gasteiger partial charge in [0.2, 0.25) is 0 Å². The van der Waals surface area contributed by atoms with Crippen molar-refractivity contribution in [1.82, 2.24) is 5.32 Å². The highest BCUT2D eigenvalue weighted by Crippen LogP contribution is 2.07. The molecule has 0 rings (SSSR count). The maximum Gasteiger partial charge on any atom is 0.408 e. The van der Waals surface area contributed by atoms with E-state index in [0.29, 0.717) is 6.29 Å². The lowest BCUT2D eigenvalue weighted by Crippen LogP contribution is -2.44. The number of ether oxygens (including phenoxy) is 3. The first-order chi connectivity index (χ1) is 9.96. The molecule has 126 valence electrons. The lowest BCUT2D eigenvalue weighted by atomic mass is 10.2. The maximum atomic E-state index is 11.7. The van der Waals surface area contributed by atoms with Crippen LogP contribution in [0.1, 0.15) is 41.5 Å². The molecule has 8 nitrogen and oxygen atoms in total. The van der Waals surface area contributed by atoms with E-state index >= 15 is 0 Å². The molecule has 0 aliphatic heterocycles. The number of amides is 1. The minimum absolute atomic E-state index is 0.444. The van der Waals surface area contributed by atoms with Gasteiger partial charge in [0.15, 0.2) is 18.5 Å². The van der Waals surface area contributed by atoms with Crippen LogP contribution in [0.5, 0.6) is 0 Å². The second-order valence-electron chi connectivity index (χ2n) is 5.73. The SMILES string of the molecule is C[C@H](NC(=O)OC(C)(C)C)C(=O)O[C@@H](C)C(=O)O[C@@H](C)C=O. The molecule has 0 unspecified atom stereocenters. The van der Waals surface area contributed by atoms with Crippen LogP contribution in [0, 0.1) is 0 Å². The predicted octanol–water partition coefficient (Wildman–Crippen LogP) is 0.962. The van der Waals surface area contributed by atoms with Crippen LogP contribution in [0.15, 0.2) is 0 Å². The normalized spacial score (nSPS) is 15.0. The molecule has 0 aromatic carbocycles. The number of nitrogens with one attached hydrogen (secondary N) is 1. The number of hydrogen-bond acceptors (Lipinski definition) is 7. The Balaban J connectivity index is 4.38. The molecular weight excluding hydrogens is 294 g/mol. The summed E-state index contributed by atoms with van der Waals surface area (Å²) >= 11 is 0. The van der Waals surface area contributed by atoms with Crippen molar-refractivity contribution in [1.29, 1.82) is 0 Å². The van der Waals surface area contributed by atoms with Crippen molar-refractivity contribution in [2.45, 2.75) is 65.4 Å². The minimum atomic E-state index is -1.20. The van der Waals surface area contributed by atoms with Gasteiger partial charge in [0.1, 0.15) is 11.6 Å². The Morgan fingerprint density at radius 2 is 1.55 bits per heavy atom. The zero-order chi connectivity index (χ0) is 17.5. The molecule has 0 spiro atoms. The van der Waals surface area contributed by atoms with E-state index in [9.17, 15) is 19.2 Å². The Kier molecular flexibility index (Phi) is 7.55. The quantitative estimate of drug-likeness (QED) is 0.441. The fourth-order valence-electron chi connectivity index (χ4n) is 1.17. The summed E-state index contributed by atoms with van der Waals surface area (Å²) in [7, 11) is 0. The van der Waals surface area contributed by atoms with Crippen molar-refractivity contribution in [2.75, 3.05) is 0 Å². The molecule has 0 saturated carbocycles. The van der Waals surface area contributed by atoms with Crippen molar-refractivity contribution in [3.05, 3.63) is 0 Å². The van der Waals surface area contributed by atoms with E-state index in [4.69, 9.17) is 14.2 Å². The van der Waals surface area contributed by atoms with Crippen LogP contribution in [-0.4, -0.2) is 48.2 Å². The van der Waals surface area contributed by atoms with Gasteiger partial charge in [-0.05, 0) is 41.5 Å². The molecule has 0 fully saturated rings. The highest BCUT2D eigenvalue weighted by Gasteiger charge is 2.26. The zero-order valence-electron chi connectivity index (χ0n) is 13.7. The number of hydrogen-bond donors (Lipinski definition) is 1. The Morgan fingerprint density at radius 1 is 1.00 bits per heavy atom. The summed E-state index contributed by atoms with van der Waals surface area (Å²) in [6.45, 7) is 9.12. The molecule has 0 aromatic rings. The summed E-state index contributed by atoms with van der Waals surface area (Å²) in [5.74, 6) is -1.67. The number of rotatable bonds is 6. The van der Waals surface area contributed by atoms with E-state index < -0.39 is 41.9 Å². The van der Waals surface area contributed by atoms with Crippen LogP contribution in [0.2, 0.25) is 0 Å².